The van der Waals surface area contributed by atoms with Gasteiger partial charge in [-0.2, -0.15) is 0 Å². The van der Waals surface area contributed by atoms with Crippen LogP contribution >= 0.6 is 0 Å². The van der Waals surface area contributed by atoms with Crippen molar-refractivity contribution in [3.8, 4) is 5.75 Å². The average Bonchev–Trinajstić information content (AvgIpc) is 2.60. The fourth-order valence-electron chi connectivity index (χ4n) is 3.16. The van der Waals surface area contributed by atoms with E-state index in [9.17, 15) is 9.90 Å². The zero-order chi connectivity index (χ0) is 16.9. The van der Waals surface area contributed by atoms with Crippen molar-refractivity contribution in [1.82, 2.24) is 0 Å². The van der Waals surface area contributed by atoms with Crippen LogP contribution in [0.5, 0.6) is 5.75 Å². The van der Waals surface area contributed by atoms with Gasteiger partial charge in [0.05, 0.1) is 12.2 Å². The molecule has 3 rings (SSSR count). The van der Waals surface area contributed by atoms with Crippen molar-refractivity contribution in [2.75, 3.05) is 6.61 Å². The average molecular weight is 322 g/mol. The van der Waals surface area contributed by atoms with E-state index >= 15 is 0 Å². The van der Waals surface area contributed by atoms with Crippen molar-refractivity contribution in [3.63, 3.8) is 0 Å². The molecule has 3 nitrogen and oxygen atoms in total. The van der Waals surface area contributed by atoms with Crippen LogP contribution in [-0.4, -0.2) is 17.7 Å². The lowest BCUT2D eigenvalue weighted by atomic mass is 9.89. The first-order valence-corrected chi connectivity index (χ1v) is 8.47. The zero-order valence-corrected chi connectivity index (χ0v) is 13.9. The minimum Gasteiger partial charge on any atom is -0.494 e. The highest BCUT2D eigenvalue weighted by atomic mass is 16.5. The second kappa shape index (κ2) is 7.35. The van der Waals surface area contributed by atoms with Crippen molar-refractivity contribution in [1.29, 1.82) is 0 Å². The Kier molecular flexibility index (Phi) is 4.99. The first-order chi connectivity index (χ1) is 11.7. The van der Waals surface area contributed by atoms with Crippen LogP contribution in [0.4, 0.5) is 0 Å². The highest BCUT2D eigenvalue weighted by Gasteiger charge is 2.15. The molecule has 1 aliphatic carbocycles. The molecule has 0 aliphatic heterocycles. The van der Waals surface area contributed by atoms with E-state index in [4.69, 9.17) is 4.74 Å². The molecule has 0 amide bonds. The van der Waals surface area contributed by atoms with Gasteiger partial charge in [0.2, 0.25) is 0 Å². The van der Waals surface area contributed by atoms with Gasteiger partial charge in [0, 0.05) is 0 Å². The summed E-state index contributed by atoms with van der Waals surface area (Å²) in [6, 6.07) is 13.5. The van der Waals surface area contributed by atoms with Gasteiger partial charge in [-0.1, -0.05) is 30.3 Å². The molecule has 0 bridgehead atoms. The largest absolute Gasteiger partial charge is 0.494 e. The molecule has 0 saturated heterocycles. The quantitative estimate of drug-likeness (QED) is 0.647. The van der Waals surface area contributed by atoms with Gasteiger partial charge >= 0.3 is 5.97 Å². The molecule has 2 aromatic carbocycles. The van der Waals surface area contributed by atoms with Crippen LogP contribution in [-0.2, 0) is 17.6 Å². The van der Waals surface area contributed by atoms with Gasteiger partial charge in [-0.15, -0.1) is 0 Å². The summed E-state index contributed by atoms with van der Waals surface area (Å²) in [6.07, 6.45) is 6.27. The number of carboxylic acids is 1. The SMILES string of the molecule is CCOc1ccc(/C=C(\C(=O)O)c2ccc3c(c2)CCCC3)cc1. The lowest BCUT2D eigenvalue weighted by Crippen LogP contribution is -2.05. The molecular formula is C21H22O3. The van der Waals surface area contributed by atoms with E-state index in [0.29, 0.717) is 12.2 Å². The lowest BCUT2D eigenvalue weighted by molar-refractivity contribution is -0.130. The number of benzene rings is 2. The topological polar surface area (TPSA) is 46.5 Å². The number of aryl methyl sites for hydroxylation is 2. The Morgan fingerprint density at radius 1 is 1.08 bits per heavy atom. The number of fused-ring (bicyclic) bond motifs is 1. The van der Waals surface area contributed by atoms with Gasteiger partial charge in [-0.25, -0.2) is 4.79 Å². The maximum Gasteiger partial charge on any atom is 0.336 e. The number of aliphatic carboxylic acids is 1. The van der Waals surface area contributed by atoms with Gasteiger partial charge in [0.15, 0.2) is 0 Å². The highest BCUT2D eigenvalue weighted by molar-refractivity contribution is 6.20. The molecule has 0 spiro atoms. The number of ether oxygens (including phenoxy) is 1. The summed E-state index contributed by atoms with van der Waals surface area (Å²) in [5.41, 5.74) is 4.60. The highest BCUT2D eigenvalue weighted by Crippen LogP contribution is 2.27. The molecule has 0 heterocycles. The molecule has 1 aliphatic rings. The second-order valence-corrected chi connectivity index (χ2v) is 6.06. The van der Waals surface area contributed by atoms with Crippen molar-refractivity contribution in [3.05, 3.63) is 64.7 Å². The number of rotatable bonds is 5. The van der Waals surface area contributed by atoms with E-state index in [2.05, 4.69) is 6.07 Å². The summed E-state index contributed by atoms with van der Waals surface area (Å²) < 4.78 is 5.42. The van der Waals surface area contributed by atoms with Gasteiger partial charge in [-0.05, 0) is 73.1 Å². The number of carboxylic acid groups (broad SMARTS) is 1. The summed E-state index contributed by atoms with van der Waals surface area (Å²) >= 11 is 0. The first-order valence-electron chi connectivity index (χ1n) is 8.47. The summed E-state index contributed by atoms with van der Waals surface area (Å²) in [7, 11) is 0. The molecule has 124 valence electrons. The monoisotopic (exact) mass is 322 g/mol. The van der Waals surface area contributed by atoms with Crippen LogP contribution in [0, 0.1) is 0 Å². The van der Waals surface area contributed by atoms with E-state index in [0.717, 1.165) is 29.7 Å². The Labute approximate surface area is 142 Å². The molecule has 2 aromatic rings. The molecular weight excluding hydrogens is 300 g/mol. The predicted octanol–water partition coefficient (Wildman–Crippen LogP) is 4.59. The molecule has 0 radical (unpaired) electrons. The Balaban J connectivity index is 1.93. The Bertz CT molecular complexity index is 757. The van der Waals surface area contributed by atoms with Crippen LogP contribution in [0.2, 0.25) is 0 Å². The Morgan fingerprint density at radius 3 is 2.46 bits per heavy atom. The Hall–Kier alpha value is -2.55. The van der Waals surface area contributed by atoms with Crippen LogP contribution in [0.1, 0.15) is 42.0 Å². The summed E-state index contributed by atoms with van der Waals surface area (Å²) in [6.45, 7) is 2.55. The maximum absolute atomic E-state index is 11.7. The molecule has 0 aromatic heterocycles. The van der Waals surface area contributed by atoms with E-state index in [-0.39, 0.29) is 0 Å². The Morgan fingerprint density at radius 2 is 1.79 bits per heavy atom. The van der Waals surface area contributed by atoms with Gasteiger partial charge < -0.3 is 9.84 Å². The molecule has 0 unspecified atom stereocenters. The molecule has 0 fully saturated rings. The third-order valence-corrected chi connectivity index (χ3v) is 4.39. The molecule has 3 heteroatoms. The fourth-order valence-corrected chi connectivity index (χ4v) is 3.16. The van der Waals surface area contributed by atoms with Gasteiger partial charge in [0.25, 0.3) is 0 Å². The normalized spacial score (nSPS) is 14.1. The number of carbonyl (C=O) groups is 1. The van der Waals surface area contributed by atoms with Crippen LogP contribution in [0.15, 0.2) is 42.5 Å². The third kappa shape index (κ3) is 3.67. The summed E-state index contributed by atoms with van der Waals surface area (Å²) in [5.74, 6) is -0.111. The van der Waals surface area contributed by atoms with Crippen molar-refractivity contribution < 1.29 is 14.6 Å². The van der Waals surface area contributed by atoms with Crippen molar-refractivity contribution in [2.24, 2.45) is 0 Å². The maximum atomic E-state index is 11.7. The van der Waals surface area contributed by atoms with E-state index in [1.54, 1.807) is 6.08 Å². The molecule has 24 heavy (non-hydrogen) atoms. The summed E-state index contributed by atoms with van der Waals surface area (Å²) in [4.78, 5) is 11.7. The second-order valence-electron chi connectivity index (χ2n) is 6.06. The van der Waals surface area contributed by atoms with Crippen LogP contribution in [0.3, 0.4) is 0 Å². The molecule has 0 saturated carbocycles. The predicted molar refractivity (Wildman–Crippen MR) is 96.2 cm³/mol. The number of hydrogen-bond donors (Lipinski definition) is 1. The van der Waals surface area contributed by atoms with Gasteiger partial charge in [-0.3, -0.25) is 0 Å². The van der Waals surface area contributed by atoms with Crippen molar-refractivity contribution in [2.45, 2.75) is 32.6 Å². The van der Waals surface area contributed by atoms with Gasteiger partial charge in [0.1, 0.15) is 5.75 Å². The minimum absolute atomic E-state index is 0.326. The first kappa shape index (κ1) is 16.3. The van der Waals surface area contributed by atoms with E-state index in [1.807, 2.05) is 43.3 Å². The van der Waals surface area contributed by atoms with E-state index < -0.39 is 5.97 Å². The molecule has 0 atom stereocenters. The third-order valence-electron chi connectivity index (χ3n) is 4.39. The standard InChI is InChI=1S/C21H22O3/c1-2-24-19-11-7-15(8-12-19)13-20(21(22)23)18-10-9-16-5-3-4-6-17(16)14-18/h7-14H,2-6H2,1H3,(H,22,23)/b20-13-. The number of hydrogen-bond acceptors (Lipinski definition) is 2. The van der Waals surface area contributed by atoms with Crippen molar-refractivity contribution >= 4 is 17.6 Å². The fraction of sp³-hybridized carbons (Fsp3) is 0.286. The summed E-state index contributed by atoms with van der Waals surface area (Å²) in [5, 5.41) is 9.64. The minimum atomic E-state index is -0.903. The smallest absolute Gasteiger partial charge is 0.336 e. The zero-order valence-electron chi connectivity index (χ0n) is 13.9. The van der Waals surface area contributed by atoms with Crippen LogP contribution in [0.25, 0.3) is 11.6 Å². The van der Waals surface area contributed by atoms with E-state index in [1.165, 1.54) is 24.0 Å². The molecule has 1 N–H and O–H groups in total. The van der Waals surface area contributed by atoms with Crippen LogP contribution < -0.4 is 4.74 Å². The lowest BCUT2D eigenvalue weighted by Gasteiger charge is -2.16.